The zero-order valence-corrected chi connectivity index (χ0v) is 17.1. The third-order valence-electron chi connectivity index (χ3n) is 5.57. The van der Waals surface area contributed by atoms with Crippen molar-refractivity contribution in [1.82, 2.24) is 24.6 Å². The van der Waals surface area contributed by atoms with Crippen LogP contribution >= 0.6 is 0 Å². The van der Waals surface area contributed by atoms with E-state index in [4.69, 9.17) is 4.42 Å². The first-order chi connectivity index (χ1) is 15.3. The maximum absolute atomic E-state index is 12.9. The Balaban J connectivity index is 1.16. The Hall–Kier alpha value is -3.71. The molecule has 0 unspecified atom stereocenters. The fourth-order valence-corrected chi connectivity index (χ4v) is 3.85. The van der Waals surface area contributed by atoms with Crippen LogP contribution in [0.3, 0.4) is 0 Å². The van der Waals surface area contributed by atoms with Gasteiger partial charge < -0.3 is 9.32 Å². The molecule has 156 valence electrons. The summed E-state index contributed by atoms with van der Waals surface area (Å²) in [6.07, 6.45) is 7.06. The lowest BCUT2D eigenvalue weighted by Gasteiger charge is -2.34. The Morgan fingerprint density at radius 3 is 2.42 bits per heavy atom. The van der Waals surface area contributed by atoms with Gasteiger partial charge in [0.05, 0.1) is 18.1 Å². The van der Waals surface area contributed by atoms with E-state index in [0.717, 1.165) is 44.0 Å². The Kier molecular flexibility index (Phi) is 5.33. The molecule has 7 nitrogen and oxygen atoms in total. The summed E-state index contributed by atoms with van der Waals surface area (Å²) in [6.45, 7) is 3.96. The topological polar surface area (TPSA) is 67.4 Å². The molecule has 0 bridgehead atoms. The Bertz CT molecular complexity index is 1130. The lowest BCUT2D eigenvalue weighted by atomic mass is 10.1. The molecule has 2 aromatic heterocycles. The number of hydrogen-bond donors (Lipinski definition) is 0. The number of benzene rings is 2. The van der Waals surface area contributed by atoms with Crippen molar-refractivity contribution >= 4 is 5.91 Å². The summed E-state index contributed by atoms with van der Waals surface area (Å²) in [5, 5.41) is 4.48. The average Bonchev–Trinajstić information content (AvgIpc) is 3.53. The van der Waals surface area contributed by atoms with Gasteiger partial charge in [-0.1, -0.05) is 30.3 Å². The number of aromatic nitrogens is 3. The summed E-state index contributed by atoms with van der Waals surface area (Å²) >= 11 is 0. The van der Waals surface area contributed by atoms with Gasteiger partial charge >= 0.3 is 0 Å². The quantitative estimate of drug-likeness (QED) is 0.501. The van der Waals surface area contributed by atoms with E-state index in [1.54, 1.807) is 6.20 Å². The number of rotatable bonds is 5. The van der Waals surface area contributed by atoms with Crippen molar-refractivity contribution in [3.8, 4) is 17.0 Å². The van der Waals surface area contributed by atoms with Crippen LogP contribution in [0.1, 0.15) is 15.9 Å². The SMILES string of the molecule is O=C(c1ccc(-c2cnco2)cc1)N1CCN(Cc2cnn(-c3ccccc3)c2)CC1. The number of para-hydroxylation sites is 1. The molecule has 1 aliphatic heterocycles. The van der Waals surface area contributed by atoms with E-state index >= 15 is 0 Å². The van der Waals surface area contributed by atoms with Crippen LogP contribution in [0.5, 0.6) is 0 Å². The normalized spacial score (nSPS) is 14.6. The van der Waals surface area contributed by atoms with Crippen LogP contribution in [-0.4, -0.2) is 56.7 Å². The standard InChI is InChI=1S/C24H23N5O2/c30-24(21-8-6-20(7-9-21)23-15-25-18-31-23)28-12-10-27(11-13-28)16-19-14-26-29(17-19)22-4-2-1-3-5-22/h1-9,14-15,17-18H,10-13,16H2. The summed E-state index contributed by atoms with van der Waals surface area (Å²) in [6, 6.07) is 17.6. The van der Waals surface area contributed by atoms with Gasteiger partial charge in [0, 0.05) is 55.6 Å². The van der Waals surface area contributed by atoms with Crippen LogP contribution in [0.4, 0.5) is 0 Å². The third kappa shape index (κ3) is 4.27. The van der Waals surface area contributed by atoms with Gasteiger partial charge in [0.15, 0.2) is 12.2 Å². The second-order valence-corrected chi connectivity index (χ2v) is 7.64. The molecule has 0 spiro atoms. The highest BCUT2D eigenvalue weighted by Crippen LogP contribution is 2.20. The van der Waals surface area contributed by atoms with Crippen molar-refractivity contribution in [2.45, 2.75) is 6.54 Å². The minimum absolute atomic E-state index is 0.0701. The van der Waals surface area contributed by atoms with Crippen LogP contribution < -0.4 is 0 Å². The van der Waals surface area contributed by atoms with Crippen molar-refractivity contribution < 1.29 is 9.21 Å². The Morgan fingerprint density at radius 2 is 1.71 bits per heavy atom. The molecule has 7 heteroatoms. The Labute approximate surface area is 180 Å². The smallest absolute Gasteiger partial charge is 0.253 e. The first kappa shape index (κ1) is 19.3. The number of carbonyl (C=O) groups excluding carboxylic acids is 1. The highest BCUT2D eigenvalue weighted by molar-refractivity contribution is 5.94. The van der Waals surface area contributed by atoms with E-state index in [1.165, 1.54) is 12.0 Å². The predicted octanol–water partition coefficient (Wildman–Crippen LogP) is 3.49. The average molecular weight is 413 g/mol. The van der Waals surface area contributed by atoms with E-state index in [0.29, 0.717) is 11.3 Å². The zero-order chi connectivity index (χ0) is 21.0. The van der Waals surface area contributed by atoms with Gasteiger partial charge in [0.2, 0.25) is 0 Å². The minimum atomic E-state index is 0.0701. The van der Waals surface area contributed by atoms with E-state index < -0.39 is 0 Å². The molecule has 0 N–H and O–H groups in total. The van der Waals surface area contributed by atoms with E-state index in [-0.39, 0.29) is 5.91 Å². The number of nitrogens with zero attached hydrogens (tertiary/aromatic N) is 5. The van der Waals surface area contributed by atoms with E-state index in [2.05, 4.69) is 21.2 Å². The monoisotopic (exact) mass is 413 g/mol. The fourth-order valence-electron chi connectivity index (χ4n) is 3.85. The van der Waals surface area contributed by atoms with Crippen molar-refractivity contribution in [3.63, 3.8) is 0 Å². The van der Waals surface area contributed by atoms with Crippen molar-refractivity contribution in [3.05, 3.63) is 90.7 Å². The highest BCUT2D eigenvalue weighted by atomic mass is 16.3. The zero-order valence-electron chi connectivity index (χ0n) is 17.1. The highest BCUT2D eigenvalue weighted by Gasteiger charge is 2.22. The molecule has 1 amide bonds. The largest absolute Gasteiger partial charge is 0.444 e. The number of oxazole rings is 1. The molecule has 0 saturated carbocycles. The van der Waals surface area contributed by atoms with Crippen LogP contribution in [-0.2, 0) is 6.54 Å². The minimum Gasteiger partial charge on any atom is -0.444 e. The summed E-state index contributed by atoms with van der Waals surface area (Å²) in [5.74, 6) is 0.767. The molecule has 1 aliphatic rings. The van der Waals surface area contributed by atoms with Crippen molar-refractivity contribution in [2.24, 2.45) is 0 Å². The maximum Gasteiger partial charge on any atom is 0.253 e. The Morgan fingerprint density at radius 1 is 0.935 bits per heavy atom. The molecule has 1 saturated heterocycles. The second kappa shape index (κ2) is 8.57. The number of hydrogen-bond acceptors (Lipinski definition) is 5. The molecule has 5 rings (SSSR count). The van der Waals surface area contributed by atoms with Gasteiger partial charge in [0.1, 0.15) is 0 Å². The summed E-state index contributed by atoms with van der Waals surface area (Å²) in [4.78, 5) is 21.1. The molecule has 2 aromatic carbocycles. The lowest BCUT2D eigenvalue weighted by Crippen LogP contribution is -2.48. The summed E-state index contributed by atoms with van der Waals surface area (Å²) in [7, 11) is 0. The van der Waals surface area contributed by atoms with Gasteiger partial charge in [-0.05, 0) is 24.3 Å². The maximum atomic E-state index is 12.9. The van der Waals surface area contributed by atoms with E-state index in [9.17, 15) is 4.79 Å². The van der Waals surface area contributed by atoms with Crippen molar-refractivity contribution in [2.75, 3.05) is 26.2 Å². The van der Waals surface area contributed by atoms with Crippen molar-refractivity contribution in [1.29, 1.82) is 0 Å². The molecular weight excluding hydrogens is 390 g/mol. The number of amides is 1. The molecule has 1 fully saturated rings. The van der Waals surface area contributed by atoms with Gasteiger partial charge in [0.25, 0.3) is 5.91 Å². The fraction of sp³-hybridized carbons (Fsp3) is 0.208. The summed E-state index contributed by atoms with van der Waals surface area (Å²) < 4.78 is 7.21. The van der Waals surface area contributed by atoms with Gasteiger partial charge in [-0.25, -0.2) is 9.67 Å². The third-order valence-corrected chi connectivity index (χ3v) is 5.57. The molecule has 0 radical (unpaired) electrons. The van der Waals surface area contributed by atoms with Gasteiger partial charge in [-0.2, -0.15) is 5.10 Å². The first-order valence-electron chi connectivity index (χ1n) is 10.4. The number of carbonyl (C=O) groups is 1. The molecule has 3 heterocycles. The first-order valence-corrected chi connectivity index (χ1v) is 10.4. The molecule has 0 aliphatic carbocycles. The summed E-state index contributed by atoms with van der Waals surface area (Å²) in [5.41, 5.74) is 3.83. The van der Waals surface area contributed by atoms with Crippen LogP contribution in [0.25, 0.3) is 17.0 Å². The van der Waals surface area contributed by atoms with Crippen LogP contribution in [0.15, 0.2) is 84.0 Å². The predicted molar refractivity (Wildman–Crippen MR) is 117 cm³/mol. The second-order valence-electron chi connectivity index (χ2n) is 7.64. The molecule has 0 atom stereocenters. The van der Waals surface area contributed by atoms with Gasteiger partial charge in [-0.3, -0.25) is 9.69 Å². The van der Waals surface area contributed by atoms with E-state index in [1.807, 2.05) is 70.4 Å². The molecular formula is C24H23N5O2. The van der Waals surface area contributed by atoms with Crippen LogP contribution in [0, 0.1) is 0 Å². The van der Waals surface area contributed by atoms with Crippen LogP contribution in [0.2, 0.25) is 0 Å². The lowest BCUT2D eigenvalue weighted by molar-refractivity contribution is 0.0628. The van der Waals surface area contributed by atoms with Gasteiger partial charge in [-0.15, -0.1) is 0 Å². The molecule has 4 aromatic rings. The molecule has 31 heavy (non-hydrogen) atoms. The number of piperazine rings is 1.